The van der Waals surface area contributed by atoms with E-state index in [2.05, 4.69) is 9.62 Å². The van der Waals surface area contributed by atoms with Crippen molar-refractivity contribution in [3.05, 3.63) is 48.0 Å². The summed E-state index contributed by atoms with van der Waals surface area (Å²) >= 11 is 1.97. The number of ether oxygens (including phenoxy) is 1. The lowest BCUT2D eigenvalue weighted by Gasteiger charge is -2.29. The molecule has 25 heavy (non-hydrogen) atoms. The van der Waals surface area contributed by atoms with Gasteiger partial charge in [0.15, 0.2) is 0 Å². The van der Waals surface area contributed by atoms with Gasteiger partial charge in [-0.15, -0.1) is 0 Å². The Morgan fingerprint density at radius 1 is 1.08 bits per heavy atom. The van der Waals surface area contributed by atoms with Crippen molar-refractivity contribution in [2.75, 3.05) is 41.3 Å². The van der Waals surface area contributed by atoms with Crippen molar-refractivity contribution in [1.82, 2.24) is 0 Å². The predicted molar refractivity (Wildman–Crippen MR) is 105 cm³/mol. The van der Waals surface area contributed by atoms with Crippen LogP contribution in [0.25, 0.3) is 0 Å². The SMILES string of the molecule is COc1ccc(S(=O)(=O)Nc2ccc(N3CCSCC3)cc2C)cc1. The van der Waals surface area contributed by atoms with Crippen LogP contribution in [-0.2, 0) is 10.0 Å². The predicted octanol–water partition coefficient (Wildman–Crippen LogP) is 3.36. The Hall–Kier alpha value is -1.86. The molecular weight excluding hydrogens is 356 g/mol. The summed E-state index contributed by atoms with van der Waals surface area (Å²) in [6.07, 6.45) is 0. The van der Waals surface area contributed by atoms with Crippen molar-refractivity contribution in [2.45, 2.75) is 11.8 Å². The standard InChI is InChI=1S/C18H22N2O3S2/c1-14-13-15(20-9-11-24-12-10-20)3-8-18(14)19-25(21,22)17-6-4-16(23-2)5-7-17/h3-8,13,19H,9-12H2,1-2H3. The molecule has 0 bridgehead atoms. The number of hydrogen-bond donors (Lipinski definition) is 1. The molecule has 7 heteroatoms. The maximum absolute atomic E-state index is 12.6. The lowest BCUT2D eigenvalue weighted by molar-refractivity contribution is 0.414. The summed E-state index contributed by atoms with van der Waals surface area (Å²) in [6.45, 7) is 3.98. The topological polar surface area (TPSA) is 58.6 Å². The van der Waals surface area contributed by atoms with Gasteiger partial charge < -0.3 is 9.64 Å². The Kier molecular flexibility index (Phi) is 5.44. The van der Waals surface area contributed by atoms with Gasteiger partial charge in [0.1, 0.15) is 5.75 Å². The third-order valence-electron chi connectivity index (χ3n) is 4.20. The first-order chi connectivity index (χ1) is 12.0. The molecule has 0 aliphatic carbocycles. The molecule has 5 nitrogen and oxygen atoms in total. The number of thioether (sulfide) groups is 1. The van der Waals surface area contributed by atoms with E-state index in [1.165, 1.54) is 12.1 Å². The van der Waals surface area contributed by atoms with E-state index in [4.69, 9.17) is 4.74 Å². The molecule has 1 saturated heterocycles. The first-order valence-electron chi connectivity index (χ1n) is 8.10. The molecule has 1 heterocycles. The van der Waals surface area contributed by atoms with Crippen LogP contribution in [0.3, 0.4) is 0 Å². The average molecular weight is 379 g/mol. The summed E-state index contributed by atoms with van der Waals surface area (Å²) in [7, 11) is -2.07. The third kappa shape index (κ3) is 4.22. The molecule has 0 spiro atoms. The first kappa shape index (κ1) is 17.9. The van der Waals surface area contributed by atoms with Crippen molar-refractivity contribution in [1.29, 1.82) is 0 Å². The minimum absolute atomic E-state index is 0.213. The summed E-state index contributed by atoms with van der Waals surface area (Å²) in [5.74, 6) is 2.88. The number of methoxy groups -OCH3 is 1. The molecule has 134 valence electrons. The third-order valence-corrected chi connectivity index (χ3v) is 6.52. The van der Waals surface area contributed by atoms with Gasteiger partial charge in [0.2, 0.25) is 0 Å². The molecule has 0 amide bonds. The Labute approximate surface area is 153 Å². The van der Waals surface area contributed by atoms with Gasteiger partial charge in [-0.05, 0) is 55.0 Å². The van der Waals surface area contributed by atoms with Gasteiger partial charge in [0.25, 0.3) is 10.0 Å². The van der Waals surface area contributed by atoms with Crippen molar-refractivity contribution in [3.8, 4) is 5.75 Å². The molecule has 1 aliphatic rings. The van der Waals surface area contributed by atoms with Gasteiger partial charge >= 0.3 is 0 Å². The fourth-order valence-corrected chi connectivity index (χ4v) is 4.77. The summed E-state index contributed by atoms with van der Waals surface area (Å²) in [5, 5.41) is 0. The monoisotopic (exact) mass is 378 g/mol. The second-order valence-electron chi connectivity index (χ2n) is 5.88. The molecule has 0 atom stereocenters. The number of rotatable bonds is 5. The number of nitrogens with one attached hydrogen (secondary N) is 1. The summed E-state index contributed by atoms with van der Waals surface area (Å²) in [4.78, 5) is 2.55. The molecule has 1 fully saturated rings. The number of nitrogens with zero attached hydrogens (tertiary/aromatic N) is 1. The average Bonchev–Trinajstić information content (AvgIpc) is 2.64. The van der Waals surface area contributed by atoms with Gasteiger partial charge in [0.05, 0.1) is 17.7 Å². The van der Waals surface area contributed by atoms with Gasteiger partial charge in [-0.2, -0.15) is 11.8 Å². The van der Waals surface area contributed by atoms with Crippen molar-refractivity contribution in [3.63, 3.8) is 0 Å². The van der Waals surface area contributed by atoms with Gasteiger partial charge in [-0.3, -0.25) is 4.72 Å². The first-order valence-corrected chi connectivity index (χ1v) is 10.7. The summed E-state index contributed by atoms with van der Waals surface area (Å²) in [6, 6.07) is 12.2. The zero-order chi connectivity index (χ0) is 17.9. The Bertz CT molecular complexity index is 830. The van der Waals surface area contributed by atoms with E-state index in [-0.39, 0.29) is 4.90 Å². The molecule has 1 aliphatic heterocycles. The highest BCUT2D eigenvalue weighted by Gasteiger charge is 2.17. The largest absolute Gasteiger partial charge is 0.497 e. The normalized spacial score (nSPS) is 15.0. The quantitative estimate of drug-likeness (QED) is 0.865. The van der Waals surface area contributed by atoms with E-state index >= 15 is 0 Å². The van der Waals surface area contributed by atoms with Crippen LogP contribution in [0.1, 0.15) is 5.56 Å². The number of anilines is 2. The fraction of sp³-hybridized carbons (Fsp3) is 0.333. The zero-order valence-corrected chi connectivity index (χ0v) is 16.0. The minimum Gasteiger partial charge on any atom is -0.497 e. The van der Waals surface area contributed by atoms with E-state index < -0.39 is 10.0 Å². The van der Waals surface area contributed by atoms with Gasteiger partial charge in [0, 0.05) is 30.3 Å². The lowest BCUT2D eigenvalue weighted by Crippen LogP contribution is -2.32. The van der Waals surface area contributed by atoms with Crippen LogP contribution in [0.15, 0.2) is 47.4 Å². The van der Waals surface area contributed by atoms with Crippen LogP contribution in [-0.4, -0.2) is 40.1 Å². The minimum atomic E-state index is -3.62. The lowest BCUT2D eigenvalue weighted by atomic mass is 10.1. The van der Waals surface area contributed by atoms with Crippen LogP contribution in [0.5, 0.6) is 5.75 Å². The number of aryl methyl sites for hydroxylation is 1. The second-order valence-corrected chi connectivity index (χ2v) is 8.79. The van der Waals surface area contributed by atoms with Crippen molar-refractivity contribution in [2.24, 2.45) is 0 Å². The molecule has 2 aromatic carbocycles. The van der Waals surface area contributed by atoms with Crippen LogP contribution >= 0.6 is 11.8 Å². The Morgan fingerprint density at radius 2 is 1.76 bits per heavy atom. The number of hydrogen-bond acceptors (Lipinski definition) is 5. The highest BCUT2D eigenvalue weighted by molar-refractivity contribution is 7.99. The molecule has 0 radical (unpaired) electrons. The molecular formula is C18H22N2O3S2. The molecule has 2 aromatic rings. The highest BCUT2D eigenvalue weighted by Crippen LogP contribution is 2.27. The van der Waals surface area contributed by atoms with Crippen LogP contribution in [0.4, 0.5) is 11.4 Å². The summed E-state index contributed by atoms with van der Waals surface area (Å²) < 4.78 is 32.9. The fourth-order valence-electron chi connectivity index (χ4n) is 2.74. The molecule has 0 aromatic heterocycles. The maximum atomic E-state index is 12.6. The van der Waals surface area contributed by atoms with E-state index in [0.29, 0.717) is 11.4 Å². The van der Waals surface area contributed by atoms with Crippen LogP contribution in [0, 0.1) is 6.92 Å². The van der Waals surface area contributed by atoms with Crippen LogP contribution in [0.2, 0.25) is 0 Å². The molecule has 0 unspecified atom stereocenters. The Balaban J connectivity index is 1.79. The van der Waals surface area contributed by atoms with E-state index in [1.54, 1.807) is 19.2 Å². The summed E-state index contributed by atoms with van der Waals surface area (Å²) in [5.41, 5.74) is 2.66. The van der Waals surface area contributed by atoms with Gasteiger partial charge in [-0.1, -0.05) is 0 Å². The highest BCUT2D eigenvalue weighted by atomic mass is 32.2. The smallest absolute Gasteiger partial charge is 0.261 e. The van der Waals surface area contributed by atoms with Crippen molar-refractivity contribution < 1.29 is 13.2 Å². The van der Waals surface area contributed by atoms with E-state index in [1.807, 2.05) is 36.9 Å². The number of benzene rings is 2. The molecule has 1 N–H and O–H groups in total. The van der Waals surface area contributed by atoms with Crippen molar-refractivity contribution >= 4 is 33.2 Å². The maximum Gasteiger partial charge on any atom is 0.261 e. The molecule has 3 rings (SSSR count). The second kappa shape index (κ2) is 7.58. The van der Waals surface area contributed by atoms with E-state index in [0.717, 1.165) is 35.8 Å². The van der Waals surface area contributed by atoms with Gasteiger partial charge in [-0.25, -0.2) is 8.42 Å². The van der Waals surface area contributed by atoms with E-state index in [9.17, 15) is 8.42 Å². The molecule has 0 saturated carbocycles. The van der Waals surface area contributed by atoms with Crippen LogP contribution < -0.4 is 14.4 Å². The number of sulfonamides is 1. The zero-order valence-electron chi connectivity index (χ0n) is 14.4. The Morgan fingerprint density at radius 3 is 2.36 bits per heavy atom.